The molecule has 14 heavy (non-hydrogen) atoms. The van der Waals surface area contributed by atoms with Gasteiger partial charge in [0.25, 0.3) is 0 Å². The monoisotopic (exact) mass is 192 g/mol. The van der Waals surface area contributed by atoms with Crippen molar-refractivity contribution in [2.75, 3.05) is 13.2 Å². The van der Waals surface area contributed by atoms with Crippen molar-refractivity contribution in [1.29, 1.82) is 0 Å². The topological polar surface area (TPSA) is 52.1 Å². The Balaban J connectivity index is 2.07. The van der Waals surface area contributed by atoms with Gasteiger partial charge in [-0.1, -0.05) is 0 Å². The minimum Gasteiger partial charge on any atom is -0.381 e. The van der Waals surface area contributed by atoms with E-state index in [0.717, 1.165) is 19.4 Å². The number of carbonyl (C=O) groups excluding carboxylic acids is 1. The van der Waals surface area contributed by atoms with E-state index in [1.165, 1.54) is 0 Å². The van der Waals surface area contributed by atoms with Crippen molar-refractivity contribution in [3.8, 4) is 0 Å². The van der Waals surface area contributed by atoms with E-state index in [-0.39, 0.29) is 11.7 Å². The zero-order valence-electron chi connectivity index (χ0n) is 7.85. The number of aromatic nitrogens is 2. The van der Waals surface area contributed by atoms with Crippen molar-refractivity contribution in [3.63, 3.8) is 0 Å². The Labute approximate surface area is 82.3 Å². The Morgan fingerprint density at radius 1 is 1.43 bits per heavy atom. The van der Waals surface area contributed by atoms with Crippen LogP contribution in [0.25, 0.3) is 0 Å². The number of ketones is 1. The predicted octanol–water partition coefficient (Wildman–Crippen LogP) is 1.09. The van der Waals surface area contributed by atoms with Crippen LogP contribution in [0.5, 0.6) is 0 Å². The van der Waals surface area contributed by atoms with E-state index in [4.69, 9.17) is 4.74 Å². The van der Waals surface area contributed by atoms with Gasteiger partial charge >= 0.3 is 0 Å². The van der Waals surface area contributed by atoms with Crippen LogP contribution in [0, 0.1) is 5.92 Å². The van der Waals surface area contributed by atoms with Crippen LogP contribution < -0.4 is 0 Å². The van der Waals surface area contributed by atoms with Crippen LogP contribution in [-0.2, 0) is 4.74 Å². The van der Waals surface area contributed by atoms with E-state index in [1.54, 1.807) is 18.5 Å². The van der Waals surface area contributed by atoms with E-state index in [0.29, 0.717) is 12.4 Å². The Hall–Kier alpha value is -1.29. The Bertz CT molecular complexity index is 307. The van der Waals surface area contributed by atoms with Crippen LogP contribution in [0.15, 0.2) is 18.5 Å². The maximum atomic E-state index is 11.8. The first kappa shape index (κ1) is 9.27. The summed E-state index contributed by atoms with van der Waals surface area (Å²) >= 11 is 0. The minimum atomic E-state index is -0.0499. The molecule has 0 aliphatic carbocycles. The molecule has 2 rings (SSSR count). The molecule has 1 aliphatic heterocycles. The lowest BCUT2D eigenvalue weighted by molar-refractivity contribution is 0.0454. The van der Waals surface area contributed by atoms with Crippen molar-refractivity contribution in [2.24, 2.45) is 5.92 Å². The van der Waals surface area contributed by atoms with E-state index in [1.807, 2.05) is 0 Å². The highest BCUT2D eigenvalue weighted by molar-refractivity contribution is 5.94. The number of rotatable bonds is 2. The molecule has 0 saturated carbocycles. The molecule has 1 aliphatic rings. The summed E-state index contributed by atoms with van der Waals surface area (Å²) in [4.78, 5) is 19.7. The molecule has 1 aromatic heterocycles. The highest BCUT2D eigenvalue weighted by atomic mass is 16.5. The smallest absolute Gasteiger partial charge is 0.205 e. The van der Waals surface area contributed by atoms with Crippen LogP contribution >= 0.6 is 0 Å². The molecule has 0 aromatic carbocycles. The Kier molecular flexibility index (Phi) is 2.84. The second-order valence-corrected chi connectivity index (χ2v) is 3.35. The van der Waals surface area contributed by atoms with Crippen molar-refractivity contribution >= 4 is 5.78 Å². The van der Waals surface area contributed by atoms with E-state index >= 15 is 0 Å². The number of nitrogens with zero attached hydrogens (tertiary/aromatic N) is 2. The number of carbonyl (C=O) groups is 1. The van der Waals surface area contributed by atoms with Gasteiger partial charge in [0, 0.05) is 24.9 Å². The molecule has 4 nitrogen and oxygen atoms in total. The molecule has 1 saturated heterocycles. The quantitative estimate of drug-likeness (QED) is 0.658. The first-order valence-corrected chi connectivity index (χ1v) is 4.77. The van der Waals surface area contributed by atoms with Crippen molar-refractivity contribution in [3.05, 3.63) is 24.3 Å². The molecule has 0 spiro atoms. The summed E-state index contributed by atoms with van der Waals surface area (Å²) in [6.07, 6.45) is 5.01. The van der Waals surface area contributed by atoms with Gasteiger partial charge < -0.3 is 4.74 Å². The number of ether oxygens (including phenoxy) is 1. The standard InChI is InChI=1S/C10H12N2O2/c13-9(8-3-1-6-14-7-8)10-11-4-2-5-12-10/h2,4-5,8H,1,3,6-7H2. The number of hydrogen-bond acceptors (Lipinski definition) is 4. The van der Waals surface area contributed by atoms with Gasteiger partial charge in [-0.05, 0) is 18.9 Å². The number of hydrogen-bond donors (Lipinski definition) is 0. The first-order valence-electron chi connectivity index (χ1n) is 4.77. The number of Topliss-reactive ketones (excluding diaryl/α,β-unsaturated/α-hetero) is 1. The van der Waals surface area contributed by atoms with Crippen LogP contribution in [0.3, 0.4) is 0 Å². The van der Waals surface area contributed by atoms with Crippen LogP contribution in [-0.4, -0.2) is 29.0 Å². The zero-order chi connectivity index (χ0) is 9.80. The van der Waals surface area contributed by atoms with Crippen molar-refractivity contribution < 1.29 is 9.53 Å². The maximum Gasteiger partial charge on any atom is 0.205 e. The molecule has 0 N–H and O–H groups in total. The lowest BCUT2D eigenvalue weighted by Crippen LogP contribution is -2.26. The lowest BCUT2D eigenvalue weighted by atomic mass is 9.97. The molecule has 0 bridgehead atoms. The van der Waals surface area contributed by atoms with Crippen molar-refractivity contribution in [1.82, 2.24) is 9.97 Å². The molecule has 74 valence electrons. The summed E-state index contributed by atoms with van der Waals surface area (Å²) in [7, 11) is 0. The van der Waals surface area contributed by atoms with Gasteiger partial charge in [0.2, 0.25) is 5.78 Å². The van der Waals surface area contributed by atoms with Crippen LogP contribution in [0.2, 0.25) is 0 Å². The summed E-state index contributed by atoms with van der Waals surface area (Å²) in [5.74, 6) is 0.263. The predicted molar refractivity (Wildman–Crippen MR) is 49.9 cm³/mol. The fraction of sp³-hybridized carbons (Fsp3) is 0.500. The highest BCUT2D eigenvalue weighted by Crippen LogP contribution is 2.16. The first-order chi connectivity index (χ1) is 6.88. The molecule has 0 radical (unpaired) electrons. The molecule has 1 aromatic rings. The second-order valence-electron chi connectivity index (χ2n) is 3.35. The molecule has 0 amide bonds. The third-order valence-corrected chi connectivity index (χ3v) is 2.32. The summed E-state index contributed by atoms with van der Waals surface area (Å²) in [6.45, 7) is 1.27. The maximum absolute atomic E-state index is 11.8. The van der Waals surface area contributed by atoms with Gasteiger partial charge in [0.15, 0.2) is 5.82 Å². The minimum absolute atomic E-state index is 0.00491. The molecule has 2 heterocycles. The molecule has 1 unspecified atom stereocenters. The fourth-order valence-corrected chi connectivity index (χ4v) is 1.56. The van der Waals surface area contributed by atoms with Gasteiger partial charge in [-0.2, -0.15) is 0 Å². The fourth-order valence-electron chi connectivity index (χ4n) is 1.56. The second kappa shape index (κ2) is 4.28. The third kappa shape index (κ3) is 1.96. The zero-order valence-corrected chi connectivity index (χ0v) is 7.85. The average Bonchev–Trinajstić information content (AvgIpc) is 2.30. The Morgan fingerprint density at radius 3 is 2.86 bits per heavy atom. The van der Waals surface area contributed by atoms with Crippen LogP contribution in [0.4, 0.5) is 0 Å². The van der Waals surface area contributed by atoms with Gasteiger partial charge in [-0.15, -0.1) is 0 Å². The summed E-state index contributed by atoms with van der Waals surface area (Å²) in [5, 5.41) is 0. The lowest BCUT2D eigenvalue weighted by Gasteiger charge is -2.19. The van der Waals surface area contributed by atoms with Gasteiger partial charge in [-0.25, -0.2) is 9.97 Å². The normalized spacial score (nSPS) is 21.9. The summed E-state index contributed by atoms with van der Waals surface area (Å²) < 4.78 is 5.25. The van der Waals surface area contributed by atoms with Gasteiger partial charge in [-0.3, -0.25) is 4.79 Å². The average molecular weight is 192 g/mol. The molecule has 4 heteroatoms. The van der Waals surface area contributed by atoms with Crippen molar-refractivity contribution in [2.45, 2.75) is 12.8 Å². The molecular weight excluding hydrogens is 180 g/mol. The Morgan fingerprint density at radius 2 is 2.21 bits per heavy atom. The highest BCUT2D eigenvalue weighted by Gasteiger charge is 2.24. The molecule has 1 fully saturated rings. The molecule has 1 atom stereocenters. The van der Waals surface area contributed by atoms with Crippen LogP contribution in [0.1, 0.15) is 23.5 Å². The largest absolute Gasteiger partial charge is 0.381 e. The van der Waals surface area contributed by atoms with E-state index in [9.17, 15) is 4.79 Å². The SMILES string of the molecule is O=C(c1ncccn1)C1CCCOC1. The van der Waals surface area contributed by atoms with Gasteiger partial charge in [0.05, 0.1) is 6.61 Å². The molecular formula is C10H12N2O2. The van der Waals surface area contributed by atoms with E-state index in [2.05, 4.69) is 9.97 Å². The summed E-state index contributed by atoms with van der Waals surface area (Å²) in [5.41, 5.74) is 0. The van der Waals surface area contributed by atoms with Gasteiger partial charge in [0.1, 0.15) is 0 Å². The third-order valence-electron chi connectivity index (χ3n) is 2.32. The summed E-state index contributed by atoms with van der Waals surface area (Å²) in [6, 6.07) is 1.70. The van der Waals surface area contributed by atoms with E-state index < -0.39 is 0 Å².